The van der Waals surface area contributed by atoms with Crippen LogP contribution in [-0.4, -0.2) is 23.6 Å². The summed E-state index contributed by atoms with van der Waals surface area (Å²) >= 11 is 0. The van der Waals surface area contributed by atoms with Crippen LogP contribution in [0, 0.1) is 0 Å². The molecule has 0 bridgehead atoms. The number of carbonyl (C=O) groups excluding carboxylic acids is 4. The Labute approximate surface area is 289 Å². The van der Waals surface area contributed by atoms with Gasteiger partial charge in [0.1, 0.15) is 0 Å². The minimum atomic E-state index is -0.343. The van der Waals surface area contributed by atoms with Crippen LogP contribution < -0.4 is 9.80 Å². The Morgan fingerprint density at radius 2 is 0.760 bits per heavy atom. The molecule has 0 N–H and O–H groups in total. The number of benzene rings is 7. The van der Waals surface area contributed by atoms with Gasteiger partial charge in [0, 0.05) is 33.0 Å². The number of anilines is 2. The van der Waals surface area contributed by atoms with E-state index in [1.54, 1.807) is 0 Å². The lowest BCUT2D eigenvalue weighted by Gasteiger charge is -2.30. The van der Waals surface area contributed by atoms with E-state index >= 15 is 0 Å². The Morgan fingerprint density at radius 3 is 1.08 bits per heavy atom. The topological polar surface area (TPSA) is 74.8 Å². The van der Waals surface area contributed by atoms with Crippen molar-refractivity contribution in [2.24, 2.45) is 0 Å². The van der Waals surface area contributed by atoms with E-state index in [0.717, 1.165) is 82.0 Å². The largest absolute Gasteiger partial charge is 0.268 e. The molecule has 50 heavy (non-hydrogen) atoms. The summed E-state index contributed by atoms with van der Waals surface area (Å²) in [7, 11) is 0. The smallest absolute Gasteiger partial charge is 0.265 e. The van der Waals surface area contributed by atoms with Crippen LogP contribution in [-0.2, 0) is 12.8 Å². The zero-order chi connectivity index (χ0) is 34.3. The fraction of sp³-hybridized carbons (Fsp3) is 0.182. The molecule has 0 saturated carbocycles. The first-order valence-electron chi connectivity index (χ1n) is 17.6. The first kappa shape index (κ1) is 30.2. The van der Waals surface area contributed by atoms with Crippen molar-refractivity contribution in [1.29, 1.82) is 0 Å². The number of fused-ring (bicyclic) bond motifs is 2. The molecule has 4 amide bonds. The van der Waals surface area contributed by atoms with Crippen LogP contribution >= 0.6 is 0 Å². The van der Waals surface area contributed by atoms with Gasteiger partial charge in [0.25, 0.3) is 23.6 Å². The van der Waals surface area contributed by atoms with Crippen LogP contribution in [0.3, 0.4) is 0 Å². The Hall–Kier alpha value is -5.88. The van der Waals surface area contributed by atoms with Crippen molar-refractivity contribution in [3.8, 4) is 0 Å². The van der Waals surface area contributed by atoms with Gasteiger partial charge in [-0.05, 0) is 118 Å². The van der Waals surface area contributed by atoms with E-state index in [-0.39, 0.29) is 23.6 Å². The number of carbonyl (C=O) groups is 4. The molecule has 0 unspecified atom stereocenters. The first-order valence-corrected chi connectivity index (χ1v) is 17.6. The lowest BCUT2D eigenvalue weighted by Crippen LogP contribution is -2.40. The molecule has 9 rings (SSSR count). The van der Waals surface area contributed by atoms with Gasteiger partial charge in [-0.1, -0.05) is 75.2 Å². The van der Waals surface area contributed by atoms with Gasteiger partial charge in [-0.25, -0.2) is 9.80 Å². The lowest BCUT2D eigenvalue weighted by molar-refractivity contribution is 0.0877. The molecule has 2 heterocycles. The van der Waals surface area contributed by atoms with Crippen molar-refractivity contribution < 1.29 is 19.2 Å². The summed E-state index contributed by atoms with van der Waals surface area (Å²) in [6, 6.07) is 30.5. The molecule has 2 aliphatic rings. The van der Waals surface area contributed by atoms with Crippen LogP contribution in [0.25, 0.3) is 43.1 Å². The van der Waals surface area contributed by atoms with Gasteiger partial charge in [0.2, 0.25) is 0 Å². The second kappa shape index (κ2) is 11.3. The van der Waals surface area contributed by atoms with Crippen molar-refractivity contribution in [2.45, 2.75) is 52.4 Å². The van der Waals surface area contributed by atoms with Gasteiger partial charge in [-0.2, -0.15) is 0 Å². The van der Waals surface area contributed by atoms with Crippen molar-refractivity contribution in [1.82, 2.24) is 0 Å². The molecule has 6 heteroatoms. The van der Waals surface area contributed by atoms with E-state index in [9.17, 15) is 19.2 Å². The number of hydrogen-bond donors (Lipinski definition) is 0. The number of amides is 4. The Morgan fingerprint density at radius 1 is 0.420 bits per heavy atom. The predicted molar refractivity (Wildman–Crippen MR) is 200 cm³/mol. The molecular formula is C44H34N2O4. The Kier molecular flexibility index (Phi) is 6.85. The van der Waals surface area contributed by atoms with Gasteiger partial charge in [-0.15, -0.1) is 0 Å². The third kappa shape index (κ3) is 4.21. The SMILES string of the molecule is CCCCc1cccc(N2C(=O)c3ccc4c5ccc6c7c(ccc(c8ccc(c3c48)C2=O)c75)C(=O)N(c2cccc(CCCC)c2)C6=O)c1. The number of aryl methyl sites for hydroxylation is 2. The highest BCUT2D eigenvalue weighted by atomic mass is 16.2. The number of imide groups is 2. The molecular weight excluding hydrogens is 620 g/mol. The predicted octanol–water partition coefficient (Wildman–Crippen LogP) is 10.0. The second-order valence-electron chi connectivity index (χ2n) is 13.6. The van der Waals surface area contributed by atoms with Gasteiger partial charge in [0.05, 0.1) is 11.4 Å². The average molecular weight is 655 g/mol. The molecule has 6 nitrogen and oxygen atoms in total. The molecule has 2 aliphatic heterocycles. The van der Waals surface area contributed by atoms with Gasteiger partial charge < -0.3 is 0 Å². The van der Waals surface area contributed by atoms with Crippen molar-refractivity contribution in [3.63, 3.8) is 0 Å². The van der Waals surface area contributed by atoms with E-state index in [2.05, 4.69) is 13.8 Å². The minimum Gasteiger partial charge on any atom is -0.268 e. The highest BCUT2D eigenvalue weighted by molar-refractivity contribution is 6.45. The molecule has 7 aromatic carbocycles. The van der Waals surface area contributed by atoms with E-state index in [0.29, 0.717) is 44.4 Å². The molecule has 244 valence electrons. The maximum absolute atomic E-state index is 14.2. The molecule has 7 aromatic rings. The summed E-state index contributed by atoms with van der Waals surface area (Å²) in [6.07, 6.45) is 5.95. The monoisotopic (exact) mass is 654 g/mol. The van der Waals surface area contributed by atoms with Crippen molar-refractivity contribution in [2.75, 3.05) is 9.80 Å². The summed E-state index contributed by atoms with van der Waals surface area (Å²) < 4.78 is 0. The third-order valence-corrected chi connectivity index (χ3v) is 10.6. The normalized spacial score (nSPS) is 14.4. The summed E-state index contributed by atoms with van der Waals surface area (Å²) in [5, 5.41) is 6.47. The maximum Gasteiger partial charge on any atom is 0.265 e. The van der Waals surface area contributed by atoms with Crippen molar-refractivity contribution in [3.05, 3.63) is 130 Å². The third-order valence-electron chi connectivity index (χ3n) is 10.6. The van der Waals surface area contributed by atoms with Crippen molar-refractivity contribution >= 4 is 78.1 Å². The molecule has 0 saturated heterocycles. The highest BCUT2D eigenvalue weighted by Gasteiger charge is 2.38. The van der Waals surface area contributed by atoms with Crippen LogP contribution in [0.15, 0.2) is 97.1 Å². The lowest BCUT2D eigenvalue weighted by atomic mass is 9.82. The minimum absolute atomic E-state index is 0.343. The summed E-state index contributed by atoms with van der Waals surface area (Å²) in [4.78, 5) is 59.2. The fourth-order valence-electron chi connectivity index (χ4n) is 8.20. The standard InChI is InChI=1S/C44H34N2O4/c1-3-5-9-25-11-7-13-27(23-25)45-41(47)33-19-15-29-31-17-21-35-40-36(44(50)46(43(35)49)28-14-8-12-26(24-28)10-6-4-2)22-18-32(38(31)40)30-16-20-34(42(45)48)39(33)37(29)30/h7-8,11-24H,3-6,9-10H2,1-2H3. The second-order valence-corrected chi connectivity index (χ2v) is 13.6. The number of rotatable bonds is 8. The highest BCUT2D eigenvalue weighted by Crippen LogP contribution is 2.47. The molecule has 0 fully saturated rings. The van der Waals surface area contributed by atoms with E-state index in [4.69, 9.17) is 0 Å². The molecule has 0 radical (unpaired) electrons. The summed E-state index contributed by atoms with van der Waals surface area (Å²) in [6.45, 7) is 4.29. The first-order chi connectivity index (χ1) is 24.4. The maximum atomic E-state index is 14.2. The summed E-state index contributed by atoms with van der Waals surface area (Å²) in [5.41, 5.74) is 5.27. The van der Waals surface area contributed by atoms with Crippen LogP contribution in [0.4, 0.5) is 11.4 Å². The van der Waals surface area contributed by atoms with E-state index < -0.39 is 0 Å². The van der Waals surface area contributed by atoms with E-state index in [1.807, 2.05) is 97.1 Å². The average Bonchev–Trinajstić information content (AvgIpc) is 3.14. The zero-order valence-electron chi connectivity index (χ0n) is 28.0. The zero-order valence-corrected chi connectivity index (χ0v) is 28.0. The molecule has 0 atom stereocenters. The Bertz CT molecular complexity index is 2320. The fourth-order valence-corrected chi connectivity index (χ4v) is 8.20. The number of nitrogens with zero attached hydrogens (tertiary/aromatic N) is 2. The quantitative estimate of drug-likeness (QED) is 0.0929. The van der Waals surface area contributed by atoms with Crippen LogP contribution in [0.1, 0.15) is 92.1 Å². The molecule has 0 aromatic heterocycles. The Balaban J connectivity index is 1.21. The number of hydrogen-bond acceptors (Lipinski definition) is 4. The van der Waals surface area contributed by atoms with Gasteiger partial charge in [0.15, 0.2) is 0 Å². The molecule has 0 spiro atoms. The van der Waals surface area contributed by atoms with Gasteiger partial charge in [-0.3, -0.25) is 19.2 Å². The van der Waals surface area contributed by atoms with Gasteiger partial charge >= 0.3 is 0 Å². The van der Waals surface area contributed by atoms with Crippen LogP contribution in [0.5, 0.6) is 0 Å². The summed E-state index contributed by atoms with van der Waals surface area (Å²) in [5.74, 6) is -1.37. The molecule has 0 aliphatic carbocycles. The van der Waals surface area contributed by atoms with Crippen LogP contribution in [0.2, 0.25) is 0 Å². The van der Waals surface area contributed by atoms with E-state index in [1.165, 1.54) is 9.80 Å². The number of unbranched alkanes of at least 4 members (excludes halogenated alkanes) is 2.